The highest BCUT2D eigenvalue weighted by Gasteiger charge is 2.00. The summed E-state index contributed by atoms with van der Waals surface area (Å²) in [6, 6.07) is 0.0740. The van der Waals surface area contributed by atoms with Crippen molar-refractivity contribution in [2.24, 2.45) is 0 Å². The maximum Gasteiger partial charge on any atom is 0.136 e. The molecular weight excluding hydrogens is 116 g/mol. The zero-order valence-electron chi connectivity index (χ0n) is 6.18. The smallest absolute Gasteiger partial charge is 0.136 e. The number of aldehydes is 1. The molecule has 0 aliphatic carbocycles. The van der Waals surface area contributed by atoms with Crippen molar-refractivity contribution in [1.29, 1.82) is 0 Å². The molecule has 0 spiro atoms. The van der Waals surface area contributed by atoms with Crippen LogP contribution < -0.4 is 5.32 Å². The van der Waals surface area contributed by atoms with Gasteiger partial charge in [0.25, 0.3) is 0 Å². The Morgan fingerprint density at radius 3 is 2.67 bits per heavy atom. The first-order valence-corrected chi connectivity index (χ1v) is 3.47. The van der Waals surface area contributed by atoms with Crippen molar-refractivity contribution in [2.45, 2.75) is 32.2 Å². The molecule has 0 amide bonds. The molecule has 0 bridgehead atoms. The highest BCUT2D eigenvalue weighted by Crippen LogP contribution is 1.96. The summed E-state index contributed by atoms with van der Waals surface area (Å²) >= 11 is 0. The van der Waals surface area contributed by atoms with Gasteiger partial charge in [-0.1, -0.05) is 19.8 Å². The zero-order chi connectivity index (χ0) is 7.11. The second-order valence-corrected chi connectivity index (χ2v) is 2.17. The van der Waals surface area contributed by atoms with E-state index in [1.165, 1.54) is 0 Å². The van der Waals surface area contributed by atoms with Crippen LogP contribution in [0.2, 0.25) is 0 Å². The molecule has 1 atom stereocenters. The van der Waals surface area contributed by atoms with E-state index in [4.69, 9.17) is 0 Å². The van der Waals surface area contributed by atoms with E-state index in [-0.39, 0.29) is 6.04 Å². The summed E-state index contributed by atoms with van der Waals surface area (Å²) in [7, 11) is 1.81. The van der Waals surface area contributed by atoms with Crippen LogP contribution >= 0.6 is 0 Å². The van der Waals surface area contributed by atoms with Crippen molar-refractivity contribution in [2.75, 3.05) is 7.05 Å². The lowest BCUT2D eigenvalue weighted by molar-refractivity contribution is -0.109. The van der Waals surface area contributed by atoms with Crippen molar-refractivity contribution in [1.82, 2.24) is 5.32 Å². The Kier molecular flexibility index (Phi) is 5.52. The fourth-order valence-electron chi connectivity index (χ4n) is 0.704. The van der Waals surface area contributed by atoms with E-state index in [9.17, 15) is 4.79 Å². The van der Waals surface area contributed by atoms with Crippen LogP contribution in [0.4, 0.5) is 0 Å². The number of hydrogen-bond acceptors (Lipinski definition) is 2. The molecule has 2 heteroatoms. The summed E-state index contributed by atoms with van der Waals surface area (Å²) in [5, 5.41) is 2.92. The Morgan fingerprint density at radius 1 is 1.67 bits per heavy atom. The number of nitrogens with one attached hydrogen (secondary N) is 1. The molecular formula is C7H15NO. The molecule has 54 valence electrons. The summed E-state index contributed by atoms with van der Waals surface area (Å²) in [5.41, 5.74) is 0. The summed E-state index contributed by atoms with van der Waals surface area (Å²) in [4.78, 5) is 10.2. The van der Waals surface area contributed by atoms with Gasteiger partial charge in [0.1, 0.15) is 6.29 Å². The van der Waals surface area contributed by atoms with Crippen molar-refractivity contribution in [3.8, 4) is 0 Å². The fraction of sp³-hybridized carbons (Fsp3) is 0.857. The van der Waals surface area contributed by atoms with Gasteiger partial charge in [0, 0.05) is 0 Å². The maximum atomic E-state index is 10.2. The van der Waals surface area contributed by atoms with Crippen LogP contribution in [-0.4, -0.2) is 19.4 Å². The summed E-state index contributed by atoms with van der Waals surface area (Å²) in [6.45, 7) is 2.12. The van der Waals surface area contributed by atoms with Crippen LogP contribution in [0.3, 0.4) is 0 Å². The minimum absolute atomic E-state index is 0.0740. The first kappa shape index (κ1) is 8.63. The van der Waals surface area contributed by atoms with Gasteiger partial charge in [-0.15, -0.1) is 0 Å². The molecule has 9 heavy (non-hydrogen) atoms. The summed E-state index contributed by atoms with van der Waals surface area (Å²) in [5.74, 6) is 0. The monoisotopic (exact) mass is 131 g/mol. The van der Waals surface area contributed by atoms with Crippen molar-refractivity contribution in [3.05, 3.63) is 0 Å². The van der Waals surface area contributed by atoms with Crippen molar-refractivity contribution >= 4 is 6.29 Å². The van der Waals surface area contributed by atoms with Crippen molar-refractivity contribution in [3.63, 3.8) is 0 Å². The number of rotatable bonds is 5. The third-order valence-corrected chi connectivity index (χ3v) is 1.40. The molecule has 0 aliphatic heterocycles. The van der Waals surface area contributed by atoms with Gasteiger partial charge in [0.15, 0.2) is 0 Å². The predicted molar refractivity (Wildman–Crippen MR) is 38.4 cm³/mol. The lowest BCUT2D eigenvalue weighted by atomic mass is 10.2. The molecule has 0 aromatic carbocycles. The Hall–Kier alpha value is -0.370. The normalized spacial score (nSPS) is 13.1. The van der Waals surface area contributed by atoms with E-state index in [1.807, 2.05) is 7.05 Å². The molecule has 0 saturated heterocycles. The molecule has 0 heterocycles. The number of carbonyl (C=O) groups excluding carboxylic acids is 1. The number of hydrogen-bond donors (Lipinski definition) is 1. The Bertz CT molecular complexity index is 73.3. The molecule has 1 unspecified atom stereocenters. The highest BCUT2D eigenvalue weighted by atomic mass is 16.1. The molecule has 0 radical (unpaired) electrons. The lowest BCUT2D eigenvalue weighted by Crippen LogP contribution is -2.26. The SMILES string of the molecule is [13CH3]CCCC(C=O)N[13CH3]. The first-order valence-electron chi connectivity index (χ1n) is 3.47. The largest absolute Gasteiger partial charge is 0.311 e. The lowest BCUT2D eigenvalue weighted by Gasteiger charge is -2.05. The van der Waals surface area contributed by atoms with E-state index < -0.39 is 0 Å². The van der Waals surface area contributed by atoms with Crippen LogP contribution in [0.15, 0.2) is 0 Å². The van der Waals surface area contributed by atoms with Gasteiger partial charge in [-0.3, -0.25) is 0 Å². The van der Waals surface area contributed by atoms with Gasteiger partial charge in [0.05, 0.1) is 6.04 Å². The first-order chi connectivity index (χ1) is 4.35. The Morgan fingerprint density at radius 2 is 2.33 bits per heavy atom. The van der Waals surface area contributed by atoms with Crippen LogP contribution in [0.25, 0.3) is 0 Å². The van der Waals surface area contributed by atoms with E-state index in [2.05, 4.69) is 12.2 Å². The third kappa shape index (κ3) is 4.15. The summed E-state index contributed by atoms with van der Waals surface area (Å²) < 4.78 is 0. The van der Waals surface area contributed by atoms with Gasteiger partial charge < -0.3 is 10.1 Å². The molecule has 0 aromatic heterocycles. The molecule has 0 fully saturated rings. The number of unbranched alkanes of at least 4 members (excludes halogenated alkanes) is 1. The second kappa shape index (κ2) is 5.76. The molecule has 0 rings (SSSR count). The van der Waals surface area contributed by atoms with Gasteiger partial charge in [-0.25, -0.2) is 0 Å². The average Bonchev–Trinajstić information content (AvgIpc) is 1.91. The van der Waals surface area contributed by atoms with Crippen molar-refractivity contribution < 1.29 is 4.79 Å². The molecule has 0 saturated carbocycles. The topological polar surface area (TPSA) is 29.1 Å². The summed E-state index contributed by atoms with van der Waals surface area (Å²) in [6.07, 6.45) is 4.22. The molecule has 2 nitrogen and oxygen atoms in total. The minimum atomic E-state index is 0.0740. The van der Waals surface area contributed by atoms with E-state index in [1.54, 1.807) is 0 Å². The van der Waals surface area contributed by atoms with Gasteiger partial charge in [-0.2, -0.15) is 0 Å². The average molecular weight is 131 g/mol. The number of carbonyl (C=O) groups is 1. The van der Waals surface area contributed by atoms with Gasteiger partial charge in [-0.05, 0) is 13.5 Å². The highest BCUT2D eigenvalue weighted by molar-refractivity contribution is 5.57. The maximum absolute atomic E-state index is 10.2. The molecule has 0 aliphatic rings. The Labute approximate surface area is 56.6 Å². The van der Waals surface area contributed by atoms with Gasteiger partial charge >= 0.3 is 0 Å². The fourth-order valence-corrected chi connectivity index (χ4v) is 0.704. The minimum Gasteiger partial charge on any atom is -0.311 e. The third-order valence-electron chi connectivity index (χ3n) is 1.40. The van der Waals surface area contributed by atoms with E-state index in [0.717, 1.165) is 25.5 Å². The van der Waals surface area contributed by atoms with E-state index >= 15 is 0 Å². The molecule has 1 N–H and O–H groups in total. The molecule has 0 aromatic rings. The predicted octanol–water partition coefficient (Wildman–Crippen LogP) is 0.964. The van der Waals surface area contributed by atoms with Crippen LogP contribution in [0.5, 0.6) is 0 Å². The second-order valence-electron chi connectivity index (χ2n) is 2.17. The van der Waals surface area contributed by atoms with Crippen LogP contribution in [-0.2, 0) is 4.79 Å². The van der Waals surface area contributed by atoms with Gasteiger partial charge in [0.2, 0.25) is 0 Å². The quantitative estimate of drug-likeness (QED) is 0.445. The standard InChI is InChI=1S/C7H15NO/c1-3-4-5-7(6-9)8-2/h6-8H,3-5H2,1-2H3/i1+1,2+1. The number of likely N-dealkylation sites (N-methyl/N-ethyl adjacent to an activating group) is 1. The van der Waals surface area contributed by atoms with Crippen LogP contribution in [0.1, 0.15) is 26.2 Å². The van der Waals surface area contributed by atoms with Crippen LogP contribution in [0, 0.1) is 0 Å². The Balaban J connectivity index is 3.20. The zero-order valence-corrected chi connectivity index (χ0v) is 6.18. The van der Waals surface area contributed by atoms with E-state index in [0.29, 0.717) is 0 Å².